The van der Waals surface area contributed by atoms with E-state index in [1.807, 2.05) is 18.2 Å². The van der Waals surface area contributed by atoms with Gasteiger partial charge in [-0.1, -0.05) is 23.7 Å². The zero-order chi connectivity index (χ0) is 10.4. The average molecular weight is 213 g/mol. The first kappa shape index (κ1) is 11.0. The van der Waals surface area contributed by atoms with Crippen LogP contribution in [0.1, 0.15) is 5.56 Å². The lowest BCUT2D eigenvalue weighted by Crippen LogP contribution is -2.15. The van der Waals surface area contributed by atoms with Gasteiger partial charge in [-0.15, -0.1) is 0 Å². The number of halogens is 1. The van der Waals surface area contributed by atoms with Gasteiger partial charge in [0.2, 0.25) is 0 Å². The van der Waals surface area contributed by atoms with E-state index in [4.69, 9.17) is 22.1 Å². The van der Waals surface area contributed by atoms with Gasteiger partial charge in [0.1, 0.15) is 5.84 Å². The summed E-state index contributed by atoms with van der Waals surface area (Å²) in [7, 11) is 1.63. The van der Waals surface area contributed by atoms with Crippen LogP contribution in [-0.4, -0.2) is 26.1 Å². The summed E-state index contributed by atoms with van der Waals surface area (Å²) in [5, 5.41) is 0.617. The molecule has 4 heteroatoms. The largest absolute Gasteiger partial charge is 0.383 e. The molecule has 1 rings (SSSR count). The molecule has 0 bridgehead atoms. The van der Waals surface area contributed by atoms with Crippen molar-refractivity contribution < 1.29 is 4.74 Å². The van der Waals surface area contributed by atoms with E-state index in [1.165, 1.54) is 0 Å². The maximum absolute atomic E-state index is 5.94. The number of benzene rings is 1. The maximum Gasteiger partial charge on any atom is 0.127 e. The summed E-state index contributed by atoms with van der Waals surface area (Å²) in [6.07, 6.45) is 0. The summed E-state index contributed by atoms with van der Waals surface area (Å²) in [5.74, 6) is 0.452. The molecule has 76 valence electrons. The second-order valence-corrected chi connectivity index (χ2v) is 3.15. The van der Waals surface area contributed by atoms with Crippen LogP contribution in [0, 0.1) is 0 Å². The van der Waals surface area contributed by atoms with Gasteiger partial charge in [0.15, 0.2) is 0 Å². The van der Waals surface area contributed by atoms with Gasteiger partial charge in [-0.25, -0.2) is 0 Å². The quantitative estimate of drug-likeness (QED) is 0.469. The summed E-state index contributed by atoms with van der Waals surface area (Å²) in [5.41, 5.74) is 6.52. The molecule has 0 unspecified atom stereocenters. The van der Waals surface area contributed by atoms with Gasteiger partial charge in [0, 0.05) is 12.7 Å². The molecule has 3 nitrogen and oxygen atoms in total. The lowest BCUT2D eigenvalue weighted by atomic mass is 10.2. The van der Waals surface area contributed by atoms with Crippen molar-refractivity contribution in [2.45, 2.75) is 0 Å². The fourth-order valence-corrected chi connectivity index (χ4v) is 1.24. The molecule has 0 aliphatic carbocycles. The van der Waals surface area contributed by atoms with Crippen LogP contribution < -0.4 is 5.73 Å². The van der Waals surface area contributed by atoms with E-state index >= 15 is 0 Å². The van der Waals surface area contributed by atoms with Gasteiger partial charge < -0.3 is 10.5 Å². The van der Waals surface area contributed by atoms with Crippen LogP contribution in [0.15, 0.2) is 29.3 Å². The number of nitrogens with zero attached hydrogens (tertiary/aromatic N) is 1. The topological polar surface area (TPSA) is 47.6 Å². The lowest BCUT2D eigenvalue weighted by molar-refractivity contribution is 0.208. The van der Waals surface area contributed by atoms with Crippen LogP contribution in [0.4, 0.5) is 0 Å². The van der Waals surface area contributed by atoms with Crippen molar-refractivity contribution in [3.63, 3.8) is 0 Å². The molecule has 0 aromatic heterocycles. The molecule has 2 N–H and O–H groups in total. The summed E-state index contributed by atoms with van der Waals surface area (Å²) in [6, 6.07) is 7.36. The predicted octanol–water partition coefficient (Wildman–Crippen LogP) is 1.69. The highest BCUT2D eigenvalue weighted by molar-refractivity contribution is 6.34. The highest BCUT2D eigenvalue weighted by Crippen LogP contribution is 2.14. The molecular weight excluding hydrogens is 200 g/mol. The second kappa shape index (κ2) is 5.62. The smallest absolute Gasteiger partial charge is 0.127 e. The molecule has 1 aromatic carbocycles. The number of methoxy groups -OCH3 is 1. The van der Waals surface area contributed by atoms with E-state index in [0.29, 0.717) is 24.0 Å². The molecule has 14 heavy (non-hydrogen) atoms. The third kappa shape index (κ3) is 3.01. The van der Waals surface area contributed by atoms with Crippen LogP contribution in [0.5, 0.6) is 0 Å². The normalized spacial score (nSPS) is 11.7. The first-order chi connectivity index (χ1) is 6.75. The Kier molecular flexibility index (Phi) is 4.43. The van der Waals surface area contributed by atoms with Gasteiger partial charge in [-0.2, -0.15) is 0 Å². The summed E-state index contributed by atoms with van der Waals surface area (Å²) < 4.78 is 4.86. The zero-order valence-electron chi connectivity index (χ0n) is 8.03. The van der Waals surface area contributed by atoms with Gasteiger partial charge in [0.05, 0.1) is 18.2 Å². The Morgan fingerprint density at radius 1 is 1.50 bits per heavy atom. The summed E-state index contributed by atoms with van der Waals surface area (Å²) >= 11 is 5.94. The Morgan fingerprint density at radius 2 is 2.21 bits per heavy atom. The van der Waals surface area contributed by atoms with Crippen LogP contribution in [0.25, 0.3) is 0 Å². The molecule has 0 aliphatic heterocycles. The fourth-order valence-electron chi connectivity index (χ4n) is 1.01. The summed E-state index contributed by atoms with van der Waals surface area (Å²) in [4.78, 5) is 4.13. The molecule has 0 atom stereocenters. The Labute approximate surface area is 88.5 Å². The molecule has 0 radical (unpaired) electrons. The number of ether oxygens (including phenoxy) is 1. The van der Waals surface area contributed by atoms with Gasteiger partial charge in [-0.05, 0) is 12.1 Å². The van der Waals surface area contributed by atoms with Crippen LogP contribution in [-0.2, 0) is 4.74 Å². The zero-order valence-corrected chi connectivity index (χ0v) is 8.79. The van der Waals surface area contributed by atoms with E-state index in [-0.39, 0.29) is 0 Å². The minimum absolute atomic E-state index is 0.452. The maximum atomic E-state index is 5.94. The number of hydrogen-bond donors (Lipinski definition) is 1. The average Bonchev–Trinajstić information content (AvgIpc) is 2.18. The minimum atomic E-state index is 0.452. The predicted molar refractivity (Wildman–Crippen MR) is 58.9 cm³/mol. The molecule has 1 aromatic rings. The Morgan fingerprint density at radius 3 is 2.86 bits per heavy atom. The van der Waals surface area contributed by atoms with Crippen molar-refractivity contribution in [1.82, 2.24) is 0 Å². The van der Waals surface area contributed by atoms with E-state index in [1.54, 1.807) is 13.2 Å². The fraction of sp³-hybridized carbons (Fsp3) is 0.300. The first-order valence-corrected chi connectivity index (χ1v) is 4.67. The first-order valence-electron chi connectivity index (χ1n) is 4.29. The van der Waals surface area contributed by atoms with Gasteiger partial charge in [-0.3, -0.25) is 4.99 Å². The number of amidine groups is 1. The third-order valence-corrected chi connectivity index (χ3v) is 2.06. The van der Waals surface area contributed by atoms with E-state index in [2.05, 4.69) is 4.99 Å². The van der Waals surface area contributed by atoms with E-state index < -0.39 is 0 Å². The molecule has 0 spiro atoms. The molecular formula is C10H13ClN2O. The number of rotatable bonds is 4. The Balaban J connectivity index is 2.73. The number of nitrogens with two attached hydrogens (primary N) is 1. The number of aliphatic imine (C=N–C) groups is 1. The van der Waals surface area contributed by atoms with Crippen LogP contribution in [0.2, 0.25) is 5.02 Å². The Hall–Kier alpha value is -1.06. The molecule has 0 amide bonds. The molecule has 0 saturated heterocycles. The SMILES string of the molecule is COCCN=C(N)c1ccccc1Cl. The second-order valence-electron chi connectivity index (χ2n) is 2.74. The molecule has 0 fully saturated rings. The van der Waals surface area contributed by atoms with Crippen LogP contribution in [0.3, 0.4) is 0 Å². The van der Waals surface area contributed by atoms with Crippen LogP contribution >= 0.6 is 11.6 Å². The van der Waals surface area contributed by atoms with Gasteiger partial charge >= 0.3 is 0 Å². The van der Waals surface area contributed by atoms with Crippen molar-refractivity contribution in [3.8, 4) is 0 Å². The lowest BCUT2D eigenvalue weighted by Gasteiger charge is -2.02. The van der Waals surface area contributed by atoms with E-state index in [9.17, 15) is 0 Å². The molecule has 0 heterocycles. The summed E-state index contributed by atoms with van der Waals surface area (Å²) in [6.45, 7) is 1.11. The van der Waals surface area contributed by atoms with Crippen molar-refractivity contribution in [1.29, 1.82) is 0 Å². The minimum Gasteiger partial charge on any atom is -0.383 e. The van der Waals surface area contributed by atoms with Crippen molar-refractivity contribution in [3.05, 3.63) is 34.9 Å². The molecule has 0 saturated carbocycles. The molecule has 0 aliphatic rings. The highest BCUT2D eigenvalue weighted by Gasteiger charge is 2.01. The van der Waals surface area contributed by atoms with Crippen molar-refractivity contribution >= 4 is 17.4 Å². The monoisotopic (exact) mass is 212 g/mol. The Bertz CT molecular complexity index is 326. The highest BCUT2D eigenvalue weighted by atomic mass is 35.5. The van der Waals surface area contributed by atoms with E-state index in [0.717, 1.165) is 5.56 Å². The number of hydrogen-bond acceptors (Lipinski definition) is 2. The van der Waals surface area contributed by atoms with Crippen molar-refractivity contribution in [2.75, 3.05) is 20.3 Å². The van der Waals surface area contributed by atoms with Gasteiger partial charge in [0.25, 0.3) is 0 Å². The third-order valence-electron chi connectivity index (χ3n) is 1.73. The standard InChI is InChI=1S/C10H13ClN2O/c1-14-7-6-13-10(12)8-4-2-3-5-9(8)11/h2-5H,6-7H2,1H3,(H2,12,13). The van der Waals surface area contributed by atoms with Crippen molar-refractivity contribution in [2.24, 2.45) is 10.7 Å².